The molecule has 0 amide bonds. The maximum absolute atomic E-state index is 9.92. The summed E-state index contributed by atoms with van der Waals surface area (Å²) >= 11 is 0. The van der Waals surface area contributed by atoms with Gasteiger partial charge in [-0.1, -0.05) is 0 Å². The molecule has 0 aromatic carbocycles. The summed E-state index contributed by atoms with van der Waals surface area (Å²) in [6, 6.07) is 0. The van der Waals surface area contributed by atoms with Gasteiger partial charge in [-0.05, 0) is 12.8 Å². The standard InChI is InChI=1S/C6H10O4.C4H9N3O2/c7-5(8)3-1-2-4-6(9)10;1-7(4(5)6)2-3(8)9/h1-4H2,(H,7,8)(H,9,10);2H2,1H3,(H3,5,6)(H,8,9). The van der Waals surface area contributed by atoms with E-state index in [1.54, 1.807) is 0 Å². The van der Waals surface area contributed by atoms with Crippen LogP contribution in [0, 0.1) is 5.41 Å². The highest BCUT2D eigenvalue weighted by Crippen LogP contribution is 1.98. The van der Waals surface area contributed by atoms with Gasteiger partial charge in [0.1, 0.15) is 6.54 Å². The molecule has 0 saturated heterocycles. The third-order valence-corrected chi connectivity index (χ3v) is 1.81. The number of carbonyl (C=O) groups is 3. The maximum Gasteiger partial charge on any atom is 0.323 e. The Morgan fingerprint density at radius 2 is 1.37 bits per heavy atom. The number of hydrogen-bond donors (Lipinski definition) is 5. The zero-order valence-corrected chi connectivity index (χ0v) is 10.6. The Morgan fingerprint density at radius 1 is 1.00 bits per heavy atom. The summed E-state index contributed by atoms with van der Waals surface area (Å²) in [5.74, 6) is -2.97. The van der Waals surface area contributed by atoms with Crippen LogP contribution in [0.4, 0.5) is 0 Å². The predicted molar refractivity (Wildman–Crippen MR) is 65.9 cm³/mol. The van der Waals surface area contributed by atoms with Crippen LogP contribution in [0.5, 0.6) is 0 Å². The molecule has 19 heavy (non-hydrogen) atoms. The van der Waals surface area contributed by atoms with Crippen molar-refractivity contribution >= 4 is 23.9 Å². The second-order valence-corrected chi connectivity index (χ2v) is 3.63. The Bertz CT molecular complexity index is 315. The first-order valence-corrected chi connectivity index (χ1v) is 5.37. The van der Waals surface area contributed by atoms with Crippen LogP contribution in [-0.2, 0) is 14.4 Å². The Kier molecular flexibility index (Phi) is 10.8. The lowest BCUT2D eigenvalue weighted by atomic mass is 10.2. The van der Waals surface area contributed by atoms with Gasteiger partial charge in [0.05, 0.1) is 0 Å². The molecule has 0 aromatic heterocycles. The van der Waals surface area contributed by atoms with Gasteiger partial charge in [0, 0.05) is 19.9 Å². The van der Waals surface area contributed by atoms with E-state index >= 15 is 0 Å². The second kappa shape index (κ2) is 10.8. The van der Waals surface area contributed by atoms with E-state index in [0.717, 1.165) is 4.90 Å². The summed E-state index contributed by atoms with van der Waals surface area (Å²) in [7, 11) is 1.44. The number of hydrogen-bond acceptors (Lipinski definition) is 4. The molecule has 0 aromatic rings. The molecule has 9 nitrogen and oxygen atoms in total. The van der Waals surface area contributed by atoms with Crippen molar-refractivity contribution < 1.29 is 29.7 Å². The van der Waals surface area contributed by atoms with Crippen LogP contribution in [-0.4, -0.2) is 57.7 Å². The molecule has 9 heteroatoms. The van der Waals surface area contributed by atoms with Gasteiger partial charge in [-0.2, -0.15) is 0 Å². The van der Waals surface area contributed by atoms with Crippen LogP contribution in [0.2, 0.25) is 0 Å². The molecule has 0 aliphatic rings. The van der Waals surface area contributed by atoms with E-state index in [-0.39, 0.29) is 25.3 Å². The number of carboxylic acids is 3. The minimum atomic E-state index is -0.993. The molecule has 0 saturated carbocycles. The minimum Gasteiger partial charge on any atom is -0.481 e. The lowest BCUT2D eigenvalue weighted by Crippen LogP contribution is -2.36. The quantitative estimate of drug-likeness (QED) is 0.238. The number of guanidine groups is 1. The van der Waals surface area contributed by atoms with E-state index in [0.29, 0.717) is 12.8 Å². The molecule has 0 spiro atoms. The monoisotopic (exact) mass is 277 g/mol. The topological polar surface area (TPSA) is 165 Å². The van der Waals surface area contributed by atoms with Gasteiger partial charge in [0.15, 0.2) is 5.96 Å². The van der Waals surface area contributed by atoms with Gasteiger partial charge in [-0.15, -0.1) is 0 Å². The maximum atomic E-state index is 9.92. The van der Waals surface area contributed by atoms with Gasteiger partial charge >= 0.3 is 17.9 Å². The highest BCUT2D eigenvalue weighted by Gasteiger charge is 2.03. The van der Waals surface area contributed by atoms with Crippen LogP contribution in [0.15, 0.2) is 0 Å². The molecular weight excluding hydrogens is 258 g/mol. The normalized spacial score (nSPS) is 8.89. The fourth-order valence-corrected chi connectivity index (χ4v) is 0.841. The molecule has 0 aliphatic carbocycles. The number of likely N-dealkylation sites (N-methyl/N-ethyl adjacent to an activating group) is 1. The van der Waals surface area contributed by atoms with Crippen molar-refractivity contribution in [3.63, 3.8) is 0 Å². The number of nitrogens with zero attached hydrogens (tertiary/aromatic N) is 1. The van der Waals surface area contributed by atoms with Crippen LogP contribution < -0.4 is 5.73 Å². The highest BCUT2D eigenvalue weighted by atomic mass is 16.4. The first-order valence-electron chi connectivity index (χ1n) is 5.37. The summed E-state index contributed by atoms with van der Waals surface area (Å²) < 4.78 is 0. The fraction of sp³-hybridized carbons (Fsp3) is 0.600. The summed E-state index contributed by atoms with van der Waals surface area (Å²) in [6.07, 6.45) is 1.02. The molecule has 0 heterocycles. The Balaban J connectivity index is 0. The SMILES string of the molecule is CN(CC(=O)O)C(=N)N.O=C(O)CCCCC(=O)O. The molecular formula is C10H19N3O6. The first-order chi connectivity index (χ1) is 8.66. The molecule has 0 aliphatic heterocycles. The summed E-state index contributed by atoms with van der Waals surface area (Å²) in [6.45, 7) is -0.227. The smallest absolute Gasteiger partial charge is 0.323 e. The average molecular weight is 277 g/mol. The molecule has 0 radical (unpaired) electrons. The van der Waals surface area contributed by atoms with Crippen LogP contribution in [0.25, 0.3) is 0 Å². The lowest BCUT2D eigenvalue weighted by Gasteiger charge is -2.12. The molecule has 6 N–H and O–H groups in total. The van der Waals surface area contributed by atoms with Gasteiger partial charge in [-0.3, -0.25) is 19.8 Å². The molecule has 0 bridgehead atoms. The summed E-state index contributed by atoms with van der Waals surface area (Å²) in [5.41, 5.74) is 4.93. The van der Waals surface area contributed by atoms with Crippen LogP contribution in [0.3, 0.4) is 0 Å². The number of unbranched alkanes of at least 4 members (excludes halogenated alkanes) is 1. The average Bonchev–Trinajstić information content (AvgIpc) is 2.23. The molecule has 0 atom stereocenters. The van der Waals surface area contributed by atoms with Crippen molar-refractivity contribution in [3.05, 3.63) is 0 Å². The minimum absolute atomic E-state index is 0.0628. The third-order valence-electron chi connectivity index (χ3n) is 1.81. The second-order valence-electron chi connectivity index (χ2n) is 3.63. The van der Waals surface area contributed by atoms with Crippen molar-refractivity contribution in [2.45, 2.75) is 25.7 Å². The number of aliphatic carboxylic acids is 3. The Hall–Kier alpha value is -2.32. The Morgan fingerprint density at radius 3 is 1.53 bits per heavy atom. The number of nitrogens with one attached hydrogen (secondary N) is 1. The number of nitrogens with two attached hydrogens (primary N) is 1. The highest BCUT2D eigenvalue weighted by molar-refractivity contribution is 5.79. The molecule has 0 rings (SSSR count). The zero-order valence-electron chi connectivity index (χ0n) is 10.6. The fourth-order valence-electron chi connectivity index (χ4n) is 0.841. The van der Waals surface area contributed by atoms with Gasteiger partial charge in [-0.25, -0.2) is 0 Å². The van der Waals surface area contributed by atoms with Gasteiger partial charge < -0.3 is 26.0 Å². The Labute approximate surface area is 110 Å². The van der Waals surface area contributed by atoms with E-state index < -0.39 is 17.9 Å². The van der Waals surface area contributed by atoms with Crippen molar-refractivity contribution in [1.29, 1.82) is 5.41 Å². The van der Waals surface area contributed by atoms with E-state index in [4.69, 9.17) is 26.5 Å². The largest absolute Gasteiger partial charge is 0.481 e. The van der Waals surface area contributed by atoms with Crippen LogP contribution >= 0.6 is 0 Å². The zero-order chi connectivity index (χ0) is 15.4. The van der Waals surface area contributed by atoms with Crippen molar-refractivity contribution in [3.8, 4) is 0 Å². The predicted octanol–water partition coefficient (Wildman–Crippen LogP) is -0.388. The van der Waals surface area contributed by atoms with E-state index in [2.05, 4.69) is 0 Å². The first kappa shape index (κ1) is 19.0. The molecule has 0 unspecified atom stereocenters. The molecule has 110 valence electrons. The van der Waals surface area contributed by atoms with E-state index in [1.165, 1.54) is 7.05 Å². The summed E-state index contributed by atoms with van der Waals surface area (Å²) in [5, 5.41) is 31.1. The number of rotatable bonds is 7. The van der Waals surface area contributed by atoms with Crippen molar-refractivity contribution in [1.82, 2.24) is 4.90 Å². The van der Waals surface area contributed by atoms with E-state index in [1.807, 2.05) is 0 Å². The summed E-state index contributed by atoms with van der Waals surface area (Å²) in [4.78, 5) is 30.8. The molecule has 0 fully saturated rings. The lowest BCUT2D eigenvalue weighted by molar-refractivity contribution is -0.139. The van der Waals surface area contributed by atoms with Crippen molar-refractivity contribution in [2.75, 3.05) is 13.6 Å². The van der Waals surface area contributed by atoms with Gasteiger partial charge in [0.2, 0.25) is 0 Å². The van der Waals surface area contributed by atoms with E-state index in [9.17, 15) is 14.4 Å². The third kappa shape index (κ3) is 18.3. The number of carboxylic acid groups (broad SMARTS) is 3. The van der Waals surface area contributed by atoms with Crippen LogP contribution in [0.1, 0.15) is 25.7 Å². The van der Waals surface area contributed by atoms with Gasteiger partial charge in [0.25, 0.3) is 0 Å². The van der Waals surface area contributed by atoms with Crippen molar-refractivity contribution in [2.24, 2.45) is 5.73 Å².